The zero-order chi connectivity index (χ0) is 16.0. The van der Waals surface area contributed by atoms with E-state index < -0.39 is 0 Å². The van der Waals surface area contributed by atoms with E-state index in [2.05, 4.69) is 4.98 Å². The Morgan fingerprint density at radius 3 is 2.83 bits per heavy atom. The molecule has 4 rings (SSSR count). The molecule has 0 atom stereocenters. The molecule has 0 saturated carbocycles. The zero-order valence-corrected chi connectivity index (χ0v) is 12.8. The fraction of sp³-hybridized carbons (Fsp3) is 0.111. The summed E-state index contributed by atoms with van der Waals surface area (Å²) in [6, 6.07) is 12.0. The van der Waals surface area contributed by atoms with Gasteiger partial charge in [0.25, 0.3) is 5.56 Å². The molecule has 2 heterocycles. The third-order valence-corrected chi connectivity index (χ3v) is 4.43. The maximum absolute atomic E-state index is 14.0. The molecule has 1 aromatic heterocycles. The van der Waals surface area contributed by atoms with Gasteiger partial charge >= 0.3 is 0 Å². The molecular weight excluding hydrogens is 315 g/mol. The molecule has 0 aliphatic carbocycles. The summed E-state index contributed by atoms with van der Waals surface area (Å²) in [5, 5.41) is 0.945. The Morgan fingerprint density at radius 1 is 1.17 bits per heavy atom. The SMILES string of the molecule is O=c1nc2n(c3ccccc13)CCC2=Cc1c(F)cccc1Cl. The number of allylic oxidation sites excluding steroid dienone is 1. The van der Waals surface area contributed by atoms with Crippen LogP contribution in [0.25, 0.3) is 22.6 Å². The van der Waals surface area contributed by atoms with Crippen LogP contribution in [0.3, 0.4) is 0 Å². The van der Waals surface area contributed by atoms with Crippen molar-refractivity contribution < 1.29 is 4.39 Å². The Kier molecular flexibility index (Phi) is 3.27. The van der Waals surface area contributed by atoms with Crippen LogP contribution in [0.4, 0.5) is 4.39 Å². The van der Waals surface area contributed by atoms with E-state index in [-0.39, 0.29) is 11.4 Å². The highest BCUT2D eigenvalue weighted by molar-refractivity contribution is 6.32. The average Bonchev–Trinajstić information content (AvgIpc) is 2.94. The summed E-state index contributed by atoms with van der Waals surface area (Å²) in [6.07, 6.45) is 2.38. The van der Waals surface area contributed by atoms with Crippen LogP contribution in [0.5, 0.6) is 0 Å². The Morgan fingerprint density at radius 2 is 2.00 bits per heavy atom. The molecule has 1 aliphatic rings. The van der Waals surface area contributed by atoms with Crippen molar-refractivity contribution in [3.05, 3.63) is 75.0 Å². The van der Waals surface area contributed by atoms with Gasteiger partial charge in [0.1, 0.15) is 11.6 Å². The molecule has 0 fully saturated rings. The summed E-state index contributed by atoms with van der Waals surface area (Å²) in [4.78, 5) is 16.4. The number of halogens is 2. The van der Waals surface area contributed by atoms with Crippen molar-refractivity contribution in [1.29, 1.82) is 0 Å². The molecule has 3 aromatic rings. The number of nitrogens with zero attached hydrogens (tertiary/aromatic N) is 2. The number of aromatic nitrogens is 2. The molecule has 1 aliphatic heterocycles. The summed E-state index contributed by atoms with van der Waals surface area (Å²) in [6.45, 7) is 0.709. The van der Waals surface area contributed by atoms with Gasteiger partial charge in [-0.2, -0.15) is 4.98 Å². The third-order valence-electron chi connectivity index (χ3n) is 4.10. The lowest BCUT2D eigenvalue weighted by atomic mass is 10.1. The lowest BCUT2D eigenvalue weighted by Crippen LogP contribution is -2.14. The molecule has 3 nitrogen and oxygen atoms in total. The van der Waals surface area contributed by atoms with Gasteiger partial charge in [-0.1, -0.05) is 29.8 Å². The monoisotopic (exact) mass is 326 g/mol. The molecule has 0 spiro atoms. The van der Waals surface area contributed by atoms with Crippen LogP contribution in [0.1, 0.15) is 17.8 Å². The predicted molar refractivity (Wildman–Crippen MR) is 89.9 cm³/mol. The summed E-state index contributed by atoms with van der Waals surface area (Å²) in [5.74, 6) is 0.208. The van der Waals surface area contributed by atoms with Gasteiger partial charge in [-0.25, -0.2) is 4.39 Å². The predicted octanol–water partition coefficient (Wildman–Crippen LogP) is 4.13. The normalized spacial score (nSPS) is 15.3. The van der Waals surface area contributed by atoms with E-state index >= 15 is 0 Å². The topological polar surface area (TPSA) is 34.9 Å². The number of aryl methyl sites for hydroxylation is 1. The fourth-order valence-electron chi connectivity index (χ4n) is 3.00. The van der Waals surface area contributed by atoms with E-state index in [4.69, 9.17) is 11.6 Å². The molecule has 0 radical (unpaired) electrons. The lowest BCUT2D eigenvalue weighted by Gasteiger charge is -2.07. The molecule has 0 saturated heterocycles. The van der Waals surface area contributed by atoms with Gasteiger partial charge in [-0.05, 0) is 42.3 Å². The van der Waals surface area contributed by atoms with Gasteiger partial charge < -0.3 is 4.57 Å². The van der Waals surface area contributed by atoms with Gasteiger partial charge in [0, 0.05) is 12.1 Å². The van der Waals surface area contributed by atoms with E-state index in [1.165, 1.54) is 6.07 Å². The Balaban J connectivity index is 1.95. The highest BCUT2D eigenvalue weighted by atomic mass is 35.5. The summed E-state index contributed by atoms with van der Waals surface area (Å²) < 4.78 is 16.0. The molecule has 0 bridgehead atoms. The second kappa shape index (κ2) is 5.32. The Hall–Kier alpha value is -2.46. The van der Waals surface area contributed by atoms with Crippen molar-refractivity contribution in [3.8, 4) is 0 Å². The molecule has 23 heavy (non-hydrogen) atoms. The average molecular weight is 327 g/mol. The van der Waals surface area contributed by atoms with Crippen LogP contribution in [-0.2, 0) is 6.54 Å². The minimum atomic E-state index is -0.383. The first-order valence-electron chi connectivity index (χ1n) is 7.30. The van der Waals surface area contributed by atoms with Crippen LogP contribution in [0.2, 0.25) is 5.02 Å². The van der Waals surface area contributed by atoms with Gasteiger partial charge in [0.05, 0.1) is 15.9 Å². The quantitative estimate of drug-likeness (QED) is 0.674. The zero-order valence-electron chi connectivity index (χ0n) is 12.1. The highest BCUT2D eigenvalue weighted by Gasteiger charge is 2.21. The molecule has 2 aromatic carbocycles. The standard InChI is InChI=1S/C18H12ClFN2O/c19-14-5-3-6-15(20)13(14)10-11-8-9-22-16-7-2-1-4-12(16)18(23)21-17(11)22/h1-7,10H,8-9H2. The summed E-state index contributed by atoms with van der Waals surface area (Å²) in [5.41, 5.74) is 1.74. The molecule has 0 amide bonds. The minimum absolute atomic E-state index is 0.265. The van der Waals surface area contributed by atoms with Gasteiger partial charge in [-0.15, -0.1) is 0 Å². The molecule has 5 heteroatoms. The van der Waals surface area contributed by atoms with Crippen LogP contribution in [-0.4, -0.2) is 9.55 Å². The van der Waals surface area contributed by atoms with Crippen molar-refractivity contribution in [2.24, 2.45) is 0 Å². The van der Waals surface area contributed by atoms with Gasteiger partial charge in [-0.3, -0.25) is 4.79 Å². The van der Waals surface area contributed by atoms with E-state index in [1.54, 1.807) is 24.3 Å². The van der Waals surface area contributed by atoms with E-state index in [9.17, 15) is 9.18 Å². The number of hydrogen-bond acceptors (Lipinski definition) is 2. The van der Waals surface area contributed by atoms with Crippen molar-refractivity contribution in [2.45, 2.75) is 13.0 Å². The van der Waals surface area contributed by atoms with Gasteiger partial charge in [0.2, 0.25) is 0 Å². The van der Waals surface area contributed by atoms with Crippen molar-refractivity contribution >= 4 is 34.2 Å². The highest BCUT2D eigenvalue weighted by Crippen LogP contribution is 2.31. The minimum Gasteiger partial charge on any atom is -0.325 e. The van der Waals surface area contributed by atoms with E-state index in [0.29, 0.717) is 34.8 Å². The van der Waals surface area contributed by atoms with Gasteiger partial charge in [0.15, 0.2) is 0 Å². The molecule has 114 valence electrons. The van der Waals surface area contributed by atoms with Crippen LogP contribution < -0.4 is 5.56 Å². The molecule has 0 unspecified atom stereocenters. The maximum Gasteiger partial charge on any atom is 0.281 e. The number of benzene rings is 2. The van der Waals surface area contributed by atoms with Crippen molar-refractivity contribution in [1.82, 2.24) is 9.55 Å². The summed E-state index contributed by atoms with van der Waals surface area (Å²) >= 11 is 6.09. The number of fused-ring (bicyclic) bond motifs is 3. The largest absolute Gasteiger partial charge is 0.325 e. The van der Waals surface area contributed by atoms with Crippen molar-refractivity contribution in [2.75, 3.05) is 0 Å². The summed E-state index contributed by atoms with van der Waals surface area (Å²) in [7, 11) is 0. The van der Waals surface area contributed by atoms with Crippen LogP contribution in [0, 0.1) is 5.82 Å². The Bertz CT molecular complexity index is 1000. The second-order valence-electron chi connectivity index (χ2n) is 5.46. The number of hydrogen-bond donors (Lipinski definition) is 0. The first-order valence-corrected chi connectivity index (χ1v) is 7.67. The molecule has 0 N–H and O–H groups in total. The van der Waals surface area contributed by atoms with Crippen molar-refractivity contribution in [3.63, 3.8) is 0 Å². The number of rotatable bonds is 1. The second-order valence-corrected chi connectivity index (χ2v) is 5.87. The molecular formula is C18H12ClFN2O. The van der Waals surface area contributed by atoms with E-state index in [1.807, 2.05) is 22.8 Å². The number of para-hydroxylation sites is 1. The van der Waals surface area contributed by atoms with Crippen LogP contribution in [0.15, 0.2) is 47.3 Å². The Labute approximate surface area is 136 Å². The fourth-order valence-corrected chi connectivity index (χ4v) is 3.21. The maximum atomic E-state index is 14.0. The smallest absolute Gasteiger partial charge is 0.281 e. The third kappa shape index (κ3) is 2.26. The first-order chi connectivity index (χ1) is 11.1. The van der Waals surface area contributed by atoms with Crippen LogP contribution >= 0.6 is 11.6 Å². The first kappa shape index (κ1) is 14.2. The lowest BCUT2D eigenvalue weighted by molar-refractivity contribution is 0.625. The van der Waals surface area contributed by atoms with E-state index in [0.717, 1.165) is 11.1 Å².